The Morgan fingerprint density at radius 1 is 0.543 bits per heavy atom. The molecule has 0 unspecified atom stereocenters. The minimum atomic E-state index is 1.14. The van der Waals surface area contributed by atoms with Crippen LogP contribution < -0.4 is 4.90 Å². The van der Waals surface area contributed by atoms with E-state index in [2.05, 4.69) is 157 Å². The van der Waals surface area contributed by atoms with Crippen molar-refractivity contribution in [3.05, 3.63) is 148 Å². The van der Waals surface area contributed by atoms with Crippen molar-refractivity contribution in [3.63, 3.8) is 0 Å². The van der Waals surface area contributed by atoms with Crippen molar-refractivity contribution in [2.24, 2.45) is 0 Å². The summed E-state index contributed by atoms with van der Waals surface area (Å²) in [5.74, 6) is 0. The molecule has 1 heterocycles. The summed E-state index contributed by atoms with van der Waals surface area (Å²) in [6, 6.07) is 40.6. The van der Waals surface area contributed by atoms with E-state index in [0.29, 0.717) is 0 Å². The first-order chi connectivity index (χ1) is 17.3. The molecule has 1 aromatic heterocycles. The molecule has 0 amide bonds. The van der Waals surface area contributed by atoms with Gasteiger partial charge >= 0.3 is 0 Å². The highest BCUT2D eigenvalue weighted by molar-refractivity contribution is 7.10. The third-order valence-corrected chi connectivity index (χ3v) is 6.72. The lowest BCUT2D eigenvalue weighted by Gasteiger charge is -2.27. The zero-order chi connectivity index (χ0) is 23.9. The Hall–Kier alpha value is -4.14. The molecule has 2 heteroatoms. The molecule has 170 valence electrons. The fraction of sp³-hybridized carbons (Fsp3) is 0.0303. The average molecular weight is 470 g/mol. The lowest BCUT2D eigenvalue weighted by atomic mass is 10.1. The number of aryl methyl sites for hydroxylation is 1. The van der Waals surface area contributed by atoms with E-state index in [9.17, 15) is 0 Å². The molecule has 5 aromatic rings. The van der Waals surface area contributed by atoms with Crippen molar-refractivity contribution in [3.8, 4) is 0 Å². The summed E-state index contributed by atoms with van der Waals surface area (Å²) in [6.45, 7) is 2.16. The summed E-state index contributed by atoms with van der Waals surface area (Å²) in [7, 11) is 0. The first-order valence-electron chi connectivity index (χ1n) is 11.8. The standard InChI is InChI=1S/C33H27NS/c1-26-9-5-6-15-33(26)34(30-11-3-2-4-12-30)31-13-7-10-29(25-31)21-20-27-16-18-28(19-17-27)22-23-32-14-8-24-35-32/h2-25H,1H3. The molecule has 35 heavy (non-hydrogen) atoms. The van der Waals surface area contributed by atoms with Crippen LogP contribution in [0.3, 0.4) is 0 Å². The van der Waals surface area contributed by atoms with Crippen LogP contribution in [-0.4, -0.2) is 0 Å². The Kier molecular flexibility index (Phi) is 7.02. The van der Waals surface area contributed by atoms with Crippen molar-refractivity contribution >= 4 is 52.7 Å². The van der Waals surface area contributed by atoms with E-state index in [0.717, 1.165) is 11.4 Å². The van der Waals surface area contributed by atoms with Gasteiger partial charge in [0.15, 0.2) is 0 Å². The quantitative estimate of drug-likeness (QED) is 0.214. The van der Waals surface area contributed by atoms with Gasteiger partial charge in [-0.15, -0.1) is 11.3 Å². The van der Waals surface area contributed by atoms with Crippen LogP contribution in [-0.2, 0) is 0 Å². The molecule has 0 aliphatic heterocycles. The van der Waals surface area contributed by atoms with E-state index < -0.39 is 0 Å². The van der Waals surface area contributed by atoms with Gasteiger partial charge in [0.2, 0.25) is 0 Å². The third-order valence-electron chi connectivity index (χ3n) is 5.89. The van der Waals surface area contributed by atoms with Gasteiger partial charge in [-0.1, -0.05) is 97.1 Å². The monoisotopic (exact) mass is 469 g/mol. The molecule has 0 aliphatic carbocycles. The van der Waals surface area contributed by atoms with Crippen molar-refractivity contribution in [1.82, 2.24) is 0 Å². The number of hydrogen-bond acceptors (Lipinski definition) is 2. The molecule has 0 saturated carbocycles. The maximum atomic E-state index is 2.32. The largest absolute Gasteiger partial charge is 0.310 e. The zero-order valence-electron chi connectivity index (χ0n) is 19.7. The van der Waals surface area contributed by atoms with Crippen LogP contribution in [0.15, 0.2) is 121 Å². The lowest BCUT2D eigenvalue weighted by molar-refractivity contribution is 1.25. The topological polar surface area (TPSA) is 3.24 Å². The average Bonchev–Trinajstić information content (AvgIpc) is 3.43. The van der Waals surface area contributed by atoms with E-state index in [4.69, 9.17) is 0 Å². The summed E-state index contributed by atoms with van der Waals surface area (Å²) in [5, 5.41) is 2.10. The Morgan fingerprint density at radius 2 is 1.20 bits per heavy atom. The second kappa shape index (κ2) is 10.9. The van der Waals surface area contributed by atoms with E-state index in [-0.39, 0.29) is 0 Å². The van der Waals surface area contributed by atoms with Crippen molar-refractivity contribution in [1.29, 1.82) is 0 Å². The fourth-order valence-corrected chi connectivity index (χ4v) is 4.68. The van der Waals surface area contributed by atoms with Crippen molar-refractivity contribution in [2.45, 2.75) is 6.92 Å². The SMILES string of the molecule is Cc1ccccc1N(c1ccccc1)c1cccc(C=Cc2ccc(C=Cc3cccs3)cc2)c1. The van der Waals surface area contributed by atoms with Gasteiger partial charge in [0.1, 0.15) is 0 Å². The molecule has 0 aliphatic rings. The van der Waals surface area contributed by atoms with Gasteiger partial charge in [0, 0.05) is 21.9 Å². The first kappa shape index (κ1) is 22.6. The summed E-state index contributed by atoms with van der Waals surface area (Å²) in [4.78, 5) is 3.59. The van der Waals surface area contributed by atoms with Gasteiger partial charge in [-0.3, -0.25) is 0 Å². The van der Waals surface area contributed by atoms with Gasteiger partial charge in [-0.25, -0.2) is 0 Å². The Morgan fingerprint density at radius 3 is 1.91 bits per heavy atom. The minimum Gasteiger partial charge on any atom is -0.310 e. The smallest absolute Gasteiger partial charge is 0.0490 e. The molecule has 0 atom stereocenters. The number of para-hydroxylation sites is 2. The molecule has 5 rings (SSSR count). The van der Waals surface area contributed by atoms with E-state index in [1.165, 1.54) is 32.8 Å². The van der Waals surface area contributed by atoms with E-state index in [1.54, 1.807) is 11.3 Å². The predicted molar refractivity (Wildman–Crippen MR) is 154 cm³/mol. The molecule has 0 radical (unpaired) electrons. The highest BCUT2D eigenvalue weighted by atomic mass is 32.1. The highest BCUT2D eigenvalue weighted by Crippen LogP contribution is 2.36. The van der Waals surface area contributed by atoms with E-state index in [1.807, 2.05) is 0 Å². The first-order valence-corrected chi connectivity index (χ1v) is 12.6. The fourth-order valence-electron chi connectivity index (χ4n) is 4.06. The van der Waals surface area contributed by atoms with Gasteiger partial charge < -0.3 is 4.90 Å². The Bertz CT molecular complexity index is 1430. The molecule has 0 N–H and O–H groups in total. The molecule has 1 nitrogen and oxygen atoms in total. The molecule has 0 fully saturated rings. The molecule has 0 spiro atoms. The molecular formula is C33H27NS. The Labute approximate surface area is 212 Å². The van der Waals surface area contributed by atoms with E-state index >= 15 is 0 Å². The maximum Gasteiger partial charge on any atom is 0.0490 e. The molecule has 4 aromatic carbocycles. The number of anilines is 3. The number of nitrogens with zero attached hydrogens (tertiary/aromatic N) is 1. The maximum absolute atomic E-state index is 2.32. The number of hydrogen-bond donors (Lipinski definition) is 0. The Balaban J connectivity index is 1.39. The van der Waals surface area contributed by atoms with Crippen molar-refractivity contribution in [2.75, 3.05) is 4.90 Å². The minimum absolute atomic E-state index is 1.14. The van der Waals surface area contributed by atoms with Crippen LogP contribution in [0.5, 0.6) is 0 Å². The summed E-state index contributed by atoms with van der Waals surface area (Å²) in [5.41, 5.74) is 8.27. The number of rotatable bonds is 7. The lowest BCUT2D eigenvalue weighted by Crippen LogP contribution is -2.11. The summed E-state index contributed by atoms with van der Waals surface area (Å²) < 4.78 is 0. The second-order valence-corrected chi connectivity index (χ2v) is 9.38. The van der Waals surface area contributed by atoms with Crippen LogP contribution in [0.25, 0.3) is 24.3 Å². The van der Waals surface area contributed by atoms with Crippen LogP contribution >= 0.6 is 11.3 Å². The van der Waals surface area contributed by atoms with Gasteiger partial charge in [-0.2, -0.15) is 0 Å². The van der Waals surface area contributed by atoms with Crippen LogP contribution in [0.2, 0.25) is 0 Å². The van der Waals surface area contributed by atoms with Crippen LogP contribution in [0.1, 0.15) is 27.1 Å². The second-order valence-electron chi connectivity index (χ2n) is 8.40. The van der Waals surface area contributed by atoms with Crippen LogP contribution in [0, 0.1) is 6.92 Å². The molecular weight excluding hydrogens is 442 g/mol. The van der Waals surface area contributed by atoms with Crippen LogP contribution in [0.4, 0.5) is 17.1 Å². The predicted octanol–water partition coefficient (Wildman–Crippen LogP) is 9.87. The zero-order valence-corrected chi connectivity index (χ0v) is 20.5. The summed E-state index contributed by atoms with van der Waals surface area (Å²) >= 11 is 1.75. The summed E-state index contributed by atoms with van der Waals surface area (Å²) in [6.07, 6.45) is 8.67. The van der Waals surface area contributed by atoms with Gasteiger partial charge in [0.25, 0.3) is 0 Å². The highest BCUT2D eigenvalue weighted by Gasteiger charge is 2.13. The number of benzene rings is 4. The van der Waals surface area contributed by atoms with Crippen molar-refractivity contribution < 1.29 is 0 Å². The molecule has 0 bridgehead atoms. The molecule has 0 saturated heterocycles. The normalized spacial score (nSPS) is 11.3. The third kappa shape index (κ3) is 5.68. The number of thiophene rings is 1. The van der Waals surface area contributed by atoms with Gasteiger partial charge in [0.05, 0.1) is 0 Å². The van der Waals surface area contributed by atoms with Gasteiger partial charge in [-0.05, 0) is 77.0 Å².